The normalized spacial score (nSPS) is 18.1. The number of amides is 2. The van der Waals surface area contributed by atoms with E-state index >= 15 is 0 Å². The van der Waals surface area contributed by atoms with Crippen molar-refractivity contribution >= 4 is 34.2 Å². The van der Waals surface area contributed by atoms with Gasteiger partial charge >= 0.3 is 6.03 Å². The Labute approximate surface area is 231 Å². The number of halogens is 3. The van der Waals surface area contributed by atoms with Gasteiger partial charge in [0.1, 0.15) is 6.61 Å². The van der Waals surface area contributed by atoms with E-state index in [4.69, 9.17) is 16.4 Å². The molecule has 0 bridgehead atoms. The fraction of sp³-hybridized carbons (Fsp3) is 0.379. The first-order valence-electron chi connectivity index (χ1n) is 13.3. The largest absolute Gasteiger partial charge is 0.414 e. The average Bonchev–Trinajstić information content (AvgIpc) is 3.31. The van der Waals surface area contributed by atoms with Gasteiger partial charge in [-0.1, -0.05) is 24.6 Å². The summed E-state index contributed by atoms with van der Waals surface area (Å²) in [5.74, 6) is 0. The van der Waals surface area contributed by atoms with Crippen LogP contribution in [0.4, 0.5) is 19.3 Å². The van der Waals surface area contributed by atoms with Crippen LogP contribution in [0.1, 0.15) is 32.1 Å². The summed E-state index contributed by atoms with van der Waals surface area (Å²) in [4.78, 5) is 25.4. The van der Waals surface area contributed by atoms with Crippen LogP contribution in [-0.2, 0) is 0 Å². The highest BCUT2D eigenvalue weighted by atomic mass is 35.5. The van der Waals surface area contributed by atoms with Crippen LogP contribution in [0.15, 0.2) is 72.3 Å². The van der Waals surface area contributed by atoms with Crippen molar-refractivity contribution in [1.29, 1.82) is 0 Å². The van der Waals surface area contributed by atoms with Gasteiger partial charge in [-0.25, -0.2) is 13.6 Å². The zero-order valence-corrected chi connectivity index (χ0v) is 22.3. The van der Waals surface area contributed by atoms with Gasteiger partial charge in [-0.3, -0.25) is 4.98 Å². The predicted molar refractivity (Wildman–Crippen MR) is 150 cm³/mol. The van der Waals surface area contributed by atoms with Gasteiger partial charge in [-0.05, 0) is 68.6 Å². The summed E-state index contributed by atoms with van der Waals surface area (Å²) in [5, 5.41) is 5.54. The molecule has 1 fully saturated rings. The molecule has 2 aliphatic rings. The monoisotopic (exact) mass is 555 g/mol. The predicted octanol–water partition coefficient (Wildman–Crippen LogP) is 6.22. The Balaban J connectivity index is 1.21. The van der Waals surface area contributed by atoms with E-state index < -0.39 is 17.8 Å². The third kappa shape index (κ3) is 6.78. The molecule has 0 radical (unpaired) electrons. The SMILES string of the molecule is O=C(NC1=CCC(Cl)C(C(F)F)=C1)Nc1ccc(-c2cn(OCCCN3CCCCC3)c3ccncc23)cc1. The molecule has 206 valence electrons. The number of nitrogens with zero attached hydrogens (tertiary/aromatic N) is 3. The van der Waals surface area contributed by atoms with Gasteiger partial charge < -0.3 is 20.4 Å². The van der Waals surface area contributed by atoms with Crippen LogP contribution >= 0.6 is 11.6 Å². The van der Waals surface area contributed by atoms with Crippen molar-refractivity contribution in [3.63, 3.8) is 0 Å². The number of fused-ring (bicyclic) bond motifs is 1. The van der Waals surface area contributed by atoms with Gasteiger partial charge in [-0.2, -0.15) is 4.73 Å². The number of anilines is 1. The van der Waals surface area contributed by atoms with Gasteiger partial charge in [-0.15, -0.1) is 11.6 Å². The smallest absolute Gasteiger partial charge is 0.323 e. The molecule has 1 aromatic carbocycles. The topological polar surface area (TPSA) is 71.4 Å². The highest BCUT2D eigenvalue weighted by Crippen LogP contribution is 2.31. The molecule has 1 saturated heterocycles. The van der Waals surface area contributed by atoms with Crippen molar-refractivity contribution < 1.29 is 18.4 Å². The summed E-state index contributed by atoms with van der Waals surface area (Å²) in [6.07, 6.45) is 10.8. The number of aromatic nitrogens is 2. The Morgan fingerprint density at radius 2 is 1.92 bits per heavy atom. The van der Waals surface area contributed by atoms with Crippen LogP contribution < -0.4 is 15.5 Å². The van der Waals surface area contributed by atoms with Crippen LogP contribution in [0, 0.1) is 0 Å². The van der Waals surface area contributed by atoms with Gasteiger partial charge in [0.05, 0.1) is 17.1 Å². The van der Waals surface area contributed by atoms with Crippen molar-refractivity contribution in [2.75, 3.05) is 31.6 Å². The molecule has 1 atom stereocenters. The van der Waals surface area contributed by atoms with Crippen molar-refractivity contribution in [2.24, 2.45) is 0 Å². The lowest BCUT2D eigenvalue weighted by atomic mass is 10.0. The van der Waals surface area contributed by atoms with E-state index in [1.807, 2.05) is 35.3 Å². The third-order valence-electron chi connectivity index (χ3n) is 7.06. The number of hydrogen-bond donors (Lipinski definition) is 2. The van der Waals surface area contributed by atoms with Crippen LogP contribution in [0.5, 0.6) is 0 Å². The molecule has 10 heteroatoms. The zero-order valence-electron chi connectivity index (χ0n) is 21.6. The Bertz CT molecular complexity index is 1350. The number of nitrogens with one attached hydrogen (secondary N) is 2. The zero-order chi connectivity index (χ0) is 27.2. The van der Waals surface area contributed by atoms with Crippen LogP contribution in [0.2, 0.25) is 0 Å². The van der Waals surface area contributed by atoms with E-state index in [2.05, 4.69) is 20.5 Å². The molecule has 2 aromatic heterocycles. The minimum atomic E-state index is -2.67. The Hall–Kier alpha value is -3.43. The number of likely N-dealkylation sites (tertiary alicyclic amines) is 1. The Morgan fingerprint density at radius 3 is 2.69 bits per heavy atom. The maximum absolute atomic E-state index is 13.1. The molecule has 5 rings (SSSR count). The molecule has 2 N–H and O–H groups in total. The summed E-state index contributed by atoms with van der Waals surface area (Å²) in [6.45, 7) is 4.02. The number of hydrogen-bond acceptors (Lipinski definition) is 4. The first kappa shape index (κ1) is 27.1. The summed E-state index contributed by atoms with van der Waals surface area (Å²) >= 11 is 5.94. The van der Waals surface area contributed by atoms with E-state index in [0.29, 0.717) is 18.0 Å². The molecule has 1 unspecified atom stereocenters. The van der Waals surface area contributed by atoms with E-state index in [-0.39, 0.29) is 12.0 Å². The second-order valence-electron chi connectivity index (χ2n) is 9.81. The van der Waals surface area contributed by atoms with Crippen molar-refractivity contribution in [1.82, 2.24) is 19.9 Å². The molecule has 3 aromatic rings. The molecule has 1 aliphatic heterocycles. The van der Waals surface area contributed by atoms with Crippen LogP contribution in [0.3, 0.4) is 0 Å². The van der Waals surface area contributed by atoms with E-state index in [1.54, 1.807) is 24.4 Å². The lowest BCUT2D eigenvalue weighted by Crippen LogP contribution is -2.31. The molecule has 7 nitrogen and oxygen atoms in total. The molecule has 1 aliphatic carbocycles. The lowest BCUT2D eigenvalue weighted by Gasteiger charge is -2.26. The Morgan fingerprint density at radius 1 is 1.13 bits per heavy atom. The number of urea groups is 1. The number of rotatable bonds is 9. The maximum atomic E-state index is 13.1. The summed E-state index contributed by atoms with van der Waals surface area (Å²) < 4.78 is 28.1. The van der Waals surface area contributed by atoms with Crippen molar-refractivity contribution in [2.45, 2.75) is 43.9 Å². The molecular formula is C29H32ClF2N5O2. The Kier molecular flexibility index (Phi) is 8.78. The number of alkyl halides is 3. The highest BCUT2D eigenvalue weighted by Gasteiger charge is 2.23. The van der Waals surface area contributed by atoms with Crippen LogP contribution in [0.25, 0.3) is 22.0 Å². The quantitative estimate of drug-likeness (QED) is 0.243. The molecule has 3 heterocycles. The van der Waals surface area contributed by atoms with Crippen molar-refractivity contribution in [3.8, 4) is 11.1 Å². The first-order chi connectivity index (χ1) is 19.0. The minimum absolute atomic E-state index is 0.196. The molecule has 0 saturated carbocycles. The molecule has 2 amide bonds. The third-order valence-corrected chi connectivity index (χ3v) is 7.49. The number of pyridine rings is 1. The van der Waals surface area contributed by atoms with Crippen LogP contribution in [-0.4, -0.2) is 58.7 Å². The number of carbonyl (C=O) groups excluding carboxylic acids is 1. The molecular weight excluding hydrogens is 524 g/mol. The van der Waals surface area contributed by atoms with Gasteiger partial charge in [0.2, 0.25) is 0 Å². The summed E-state index contributed by atoms with van der Waals surface area (Å²) in [5.41, 5.74) is 3.53. The van der Waals surface area contributed by atoms with Crippen molar-refractivity contribution in [3.05, 3.63) is 72.3 Å². The van der Waals surface area contributed by atoms with E-state index in [1.165, 1.54) is 38.4 Å². The summed E-state index contributed by atoms with van der Waals surface area (Å²) in [7, 11) is 0. The van der Waals surface area contributed by atoms with E-state index in [0.717, 1.165) is 35.0 Å². The lowest BCUT2D eigenvalue weighted by molar-refractivity contribution is 0.106. The maximum Gasteiger partial charge on any atom is 0.323 e. The number of benzene rings is 1. The first-order valence-corrected chi connectivity index (χ1v) is 13.7. The number of allylic oxidation sites excluding steroid dienone is 3. The van der Waals surface area contributed by atoms with Gasteiger partial charge in [0, 0.05) is 46.8 Å². The summed E-state index contributed by atoms with van der Waals surface area (Å²) in [6, 6.07) is 8.81. The standard InChI is InChI=1S/C29H32ClF2N5O2/c30-26-10-9-22(17-23(26)28(31)32)35-29(38)34-21-7-5-20(6-8-21)25-19-37(27-11-12-33-18-24(25)27)39-16-4-15-36-13-2-1-3-14-36/h5-9,11-12,17-19,26,28H,1-4,10,13-16H2,(H2,34,35,38). The van der Waals surface area contributed by atoms with E-state index in [9.17, 15) is 13.6 Å². The second-order valence-corrected chi connectivity index (χ2v) is 10.3. The highest BCUT2D eigenvalue weighted by molar-refractivity contribution is 6.22. The second kappa shape index (κ2) is 12.6. The minimum Gasteiger partial charge on any atom is -0.414 e. The molecule has 0 spiro atoms. The number of carbonyl (C=O) groups is 1. The van der Waals surface area contributed by atoms with Gasteiger partial charge in [0.15, 0.2) is 0 Å². The average molecular weight is 556 g/mol. The van der Waals surface area contributed by atoms with Gasteiger partial charge in [0.25, 0.3) is 6.43 Å². The number of piperidine rings is 1. The fourth-order valence-electron chi connectivity index (χ4n) is 5.02. The fourth-order valence-corrected chi connectivity index (χ4v) is 5.27. The molecule has 39 heavy (non-hydrogen) atoms.